The van der Waals surface area contributed by atoms with Crippen molar-refractivity contribution >= 4 is 11.9 Å². The van der Waals surface area contributed by atoms with Crippen molar-refractivity contribution in [2.75, 3.05) is 39.3 Å². The van der Waals surface area contributed by atoms with Crippen LogP contribution in [0.25, 0.3) is 5.69 Å². The molecule has 1 aromatic heterocycles. The first-order valence-corrected chi connectivity index (χ1v) is 12.3. The number of halogens is 3. The number of hydrogen-bond acceptors (Lipinski definition) is 4. The molecule has 0 saturated carbocycles. The lowest BCUT2D eigenvalue weighted by molar-refractivity contribution is -0.192. The lowest BCUT2D eigenvalue weighted by atomic mass is 9.86. The third-order valence-electron chi connectivity index (χ3n) is 7.09. The summed E-state index contributed by atoms with van der Waals surface area (Å²) in [5.41, 5.74) is 1.72. The molecule has 3 aliphatic rings. The highest BCUT2D eigenvalue weighted by molar-refractivity contribution is 5.94. The van der Waals surface area contributed by atoms with E-state index in [1.165, 1.54) is 25.9 Å². The van der Waals surface area contributed by atoms with Crippen molar-refractivity contribution in [1.82, 2.24) is 14.4 Å². The lowest BCUT2D eigenvalue weighted by Gasteiger charge is -2.40. The minimum Gasteiger partial charge on any atom is -0.475 e. The van der Waals surface area contributed by atoms with Gasteiger partial charge in [0.15, 0.2) is 0 Å². The molecule has 0 bridgehead atoms. The molecule has 36 heavy (non-hydrogen) atoms. The van der Waals surface area contributed by atoms with Crippen LogP contribution in [0.5, 0.6) is 0 Å². The molecule has 4 heterocycles. The molecular formula is C26H32F3N3O4. The zero-order valence-corrected chi connectivity index (χ0v) is 20.1. The number of aliphatic carboxylic acids is 1. The fourth-order valence-electron chi connectivity index (χ4n) is 5.41. The minimum atomic E-state index is -5.08. The molecule has 1 amide bonds. The van der Waals surface area contributed by atoms with Crippen LogP contribution in [0.2, 0.25) is 0 Å². The summed E-state index contributed by atoms with van der Waals surface area (Å²) in [5.74, 6) is -2.01. The molecule has 2 unspecified atom stereocenters. The number of carbonyl (C=O) groups excluding carboxylic acids is 1. The first-order chi connectivity index (χ1) is 17.2. The molecular weight excluding hydrogens is 475 g/mol. The van der Waals surface area contributed by atoms with Crippen LogP contribution in [0.15, 0.2) is 48.8 Å². The summed E-state index contributed by atoms with van der Waals surface area (Å²) >= 11 is 0. The molecule has 0 radical (unpaired) electrons. The monoisotopic (exact) mass is 507 g/mol. The molecule has 1 N–H and O–H groups in total. The van der Waals surface area contributed by atoms with Gasteiger partial charge < -0.3 is 24.2 Å². The smallest absolute Gasteiger partial charge is 0.475 e. The van der Waals surface area contributed by atoms with Gasteiger partial charge in [0.25, 0.3) is 5.91 Å². The number of carboxylic acids is 1. The molecule has 7 nitrogen and oxygen atoms in total. The average Bonchev–Trinajstić information content (AvgIpc) is 3.63. The highest BCUT2D eigenvalue weighted by atomic mass is 19.4. The number of piperidine rings is 1. The Balaban J connectivity index is 0.000000384. The number of hydrogen-bond donors (Lipinski definition) is 1. The zero-order valence-electron chi connectivity index (χ0n) is 20.1. The van der Waals surface area contributed by atoms with Gasteiger partial charge in [0, 0.05) is 43.3 Å². The molecule has 3 saturated heterocycles. The number of amides is 1. The Bertz CT molecular complexity index is 1020. The first-order valence-electron chi connectivity index (χ1n) is 12.3. The average molecular weight is 508 g/mol. The van der Waals surface area contributed by atoms with Gasteiger partial charge in [-0.3, -0.25) is 4.79 Å². The maximum absolute atomic E-state index is 13.2. The van der Waals surface area contributed by atoms with E-state index in [2.05, 4.69) is 9.47 Å². The van der Waals surface area contributed by atoms with Crippen molar-refractivity contribution in [3.8, 4) is 5.69 Å². The third kappa shape index (κ3) is 6.47. The molecule has 1 spiro atoms. The Morgan fingerprint density at radius 2 is 1.67 bits per heavy atom. The number of aromatic nitrogens is 1. The van der Waals surface area contributed by atoms with Crippen LogP contribution in [0, 0.1) is 5.92 Å². The summed E-state index contributed by atoms with van der Waals surface area (Å²) < 4.78 is 40.2. The fraction of sp³-hybridized carbons (Fsp3) is 0.538. The van der Waals surface area contributed by atoms with Gasteiger partial charge in [-0.05, 0) is 87.5 Å². The van der Waals surface area contributed by atoms with Gasteiger partial charge in [-0.1, -0.05) is 0 Å². The number of nitrogens with zero attached hydrogens (tertiary/aromatic N) is 3. The summed E-state index contributed by atoms with van der Waals surface area (Å²) in [4.78, 5) is 26.7. The summed E-state index contributed by atoms with van der Waals surface area (Å²) in [5, 5.41) is 7.12. The highest BCUT2D eigenvalue weighted by Gasteiger charge is 2.45. The van der Waals surface area contributed by atoms with Crippen LogP contribution in [-0.4, -0.2) is 82.5 Å². The second kappa shape index (κ2) is 11.0. The van der Waals surface area contributed by atoms with Crippen molar-refractivity contribution in [1.29, 1.82) is 0 Å². The number of alkyl halides is 3. The topological polar surface area (TPSA) is 75.0 Å². The summed E-state index contributed by atoms with van der Waals surface area (Å²) in [6, 6.07) is 11.9. The minimum absolute atomic E-state index is 0.122. The second-order valence-corrected chi connectivity index (χ2v) is 9.84. The molecule has 1 aromatic carbocycles. The molecule has 3 aliphatic heterocycles. The Hall–Kier alpha value is -2.85. The van der Waals surface area contributed by atoms with Crippen molar-refractivity contribution in [2.24, 2.45) is 5.92 Å². The number of likely N-dealkylation sites (tertiary alicyclic amines) is 2. The van der Waals surface area contributed by atoms with Crippen LogP contribution in [0.4, 0.5) is 13.2 Å². The predicted molar refractivity (Wildman–Crippen MR) is 127 cm³/mol. The number of carboxylic acid groups (broad SMARTS) is 1. The van der Waals surface area contributed by atoms with Gasteiger partial charge in [-0.25, -0.2) is 4.79 Å². The van der Waals surface area contributed by atoms with E-state index in [-0.39, 0.29) is 11.5 Å². The quantitative estimate of drug-likeness (QED) is 0.671. The van der Waals surface area contributed by atoms with Crippen LogP contribution < -0.4 is 0 Å². The van der Waals surface area contributed by atoms with Crippen molar-refractivity contribution in [2.45, 2.75) is 43.9 Å². The largest absolute Gasteiger partial charge is 0.490 e. The molecule has 10 heteroatoms. The van der Waals surface area contributed by atoms with E-state index in [1.807, 2.05) is 53.7 Å². The lowest BCUT2D eigenvalue weighted by Crippen LogP contribution is -2.50. The molecule has 2 atom stereocenters. The third-order valence-corrected chi connectivity index (χ3v) is 7.09. The molecule has 0 aliphatic carbocycles. The second-order valence-electron chi connectivity index (χ2n) is 9.84. The van der Waals surface area contributed by atoms with Crippen LogP contribution in [-0.2, 0) is 9.53 Å². The fourth-order valence-corrected chi connectivity index (χ4v) is 5.41. The summed E-state index contributed by atoms with van der Waals surface area (Å²) in [7, 11) is 0. The molecule has 196 valence electrons. The number of ether oxygens (including phenoxy) is 1. The first kappa shape index (κ1) is 26.2. The van der Waals surface area contributed by atoms with Crippen molar-refractivity contribution < 1.29 is 32.6 Å². The van der Waals surface area contributed by atoms with E-state index < -0.39 is 12.1 Å². The Kier molecular flexibility index (Phi) is 8.04. The van der Waals surface area contributed by atoms with Crippen LogP contribution in [0.3, 0.4) is 0 Å². The van der Waals surface area contributed by atoms with Crippen LogP contribution >= 0.6 is 0 Å². The van der Waals surface area contributed by atoms with Crippen molar-refractivity contribution in [3.05, 3.63) is 54.4 Å². The predicted octanol–water partition coefficient (Wildman–Crippen LogP) is 4.22. The van der Waals surface area contributed by atoms with Gasteiger partial charge in [-0.15, -0.1) is 0 Å². The highest BCUT2D eigenvalue weighted by Crippen LogP contribution is 2.38. The zero-order chi connectivity index (χ0) is 25.8. The van der Waals surface area contributed by atoms with E-state index in [4.69, 9.17) is 14.6 Å². The van der Waals surface area contributed by atoms with E-state index in [1.54, 1.807) is 0 Å². The molecule has 2 aromatic rings. The van der Waals surface area contributed by atoms with Gasteiger partial charge in [0.05, 0.1) is 12.2 Å². The van der Waals surface area contributed by atoms with Gasteiger partial charge in [0.2, 0.25) is 0 Å². The summed E-state index contributed by atoms with van der Waals surface area (Å²) in [6.07, 6.45) is 4.83. The Morgan fingerprint density at radius 3 is 2.28 bits per heavy atom. The standard InChI is InChI=1S/C24H31N3O2.C2HF3O2/c28-23(21-6-8-22(9-7-21)26-13-3-4-14-26)27-15-5-10-24(19-27)16-20(18-29-24)17-25-11-1-2-12-25;3-2(4,5)1(6)7/h3-4,6-9,13-14,20H,1-2,5,10-12,15-19H2;(H,6,7). The van der Waals surface area contributed by atoms with E-state index >= 15 is 0 Å². The van der Waals surface area contributed by atoms with E-state index in [0.29, 0.717) is 5.92 Å². The maximum Gasteiger partial charge on any atom is 0.490 e. The normalized spacial score (nSPS) is 24.5. The summed E-state index contributed by atoms with van der Waals surface area (Å²) in [6.45, 7) is 6.07. The van der Waals surface area contributed by atoms with E-state index in [9.17, 15) is 18.0 Å². The molecule has 5 rings (SSSR count). The number of rotatable bonds is 4. The van der Waals surface area contributed by atoms with Gasteiger partial charge in [0.1, 0.15) is 0 Å². The van der Waals surface area contributed by atoms with Gasteiger partial charge >= 0.3 is 12.1 Å². The van der Waals surface area contributed by atoms with Crippen LogP contribution in [0.1, 0.15) is 42.5 Å². The Labute approximate surface area is 208 Å². The SMILES string of the molecule is O=C(O)C(F)(F)F.O=C(c1ccc(-n2cccc2)cc1)N1CCCC2(CC(CN3CCCC3)CO2)C1. The maximum atomic E-state index is 13.2. The van der Waals surface area contributed by atoms with E-state index in [0.717, 1.165) is 56.8 Å². The molecule has 3 fully saturated rings. The van der Waals surface area contributed by atoms with Gasteiger partial charge in [-0.2, -0.15) is 13.2 Å². The Morgan fingerprint density at radius 1 is 1.03 bits per heavy atom. The number of benzene rings is 1. The number of carbonyl (C=O) groups is 2. The van der Waals surface area contributed by atoms with Crippen molar-refractivity contribution in [3.63, 3.8) is 0 Å².